The topological polar surface area (TPSA) is 40.6 Å². The van der Waals surface area contributed by atoms with Gasteiger partial charge in [0, 0.05) is 26.2 Å². The van der Waals surface area contributed by atoms with E-state index >= 15 is 0 Å². The van der Waals surface area contributed by atoms with E-state index in [9.17, 15) is 22.8 Å². The quantitative estimate of drug-likeness (QED) is 0.773. The Labute approximate surface area is 155 Å². The van der Waals surface area contributed by atoms with Gasteiger partial charge in [-0.3, -0.25) is 9.59 Å². The minimum Gasteiger partial charge on any atom is -0.341 e. The Morgan fingerprint density at radius 2 is 1.48 bits per heavy atom. The van der Waals surface area contributed by atoms with Gasteiger partial charge in [-0.2, -0.15) is 0 Å². The second-order valence-corrected chi connectivity index (χ2v) is 6.41. The number of nitrogens with zero attached hydrogens (tertiary/aromatic N) is 2. The minimum atomic E-state index is -1.66. The Hall–Kier alpha value is -2.83. The maximum Gasteiger partial charge on any atom is 0.257 e. The van der Waals surface area contributed by atoms with Gasteiger partial charge in [-0.25, -0.2) is 13.2 Å². The van der Waals surface area contributed by atoms with Crippen molar-refractivity contribution in [1.29, 1.82) is 0 Å². The number of carbonyl (C=O) groups excluding carboxylic acids is 2. The highest BCUT2D eigenvalue weighted by Gasteiger charge is 2.26. The van der Waals surface area contributed by atoms with E-state index in [0.717, 1.165) is 17.7 Å². The zero-order valence-electron chi connectivity index (χ0n) is 14.6. The number of benzene rings is 2. The average Bonchev–Trinajstić information content (AvgIpc) is 2.93. The van der Waals surface area contributed by atoms with E-state index in [0.29, 0.717) is 26.1 Å². The first kappa shape index (κ1) is 18.9. The van der Waals surface area contributed by atoms with Crippen LogP contribution in [0.15, 0.2) is 42.5 Å². The third kappa shape index (κ3) is 4.30. The van der Waals surface area contributed by atoms with Crippen LogP contribution in [-0.2, 0) is 11.2 Å². The second-order valence-electron chi connectivity index (χ2n) is 6.41. The maximum atomic E-state index is 13.9. The Morgan fingerprint density at radius 3 is 2.22 bits per heavy atom. The van der Waals surface area contributed by atoms with Crippen LogP contribution in [0.2, 0.25) is 0 Å². The van der Waals surface area contributed by atoms with Gasteiger partial charge in [-0.15, -0.1) is 0 Å². The first-order valence-corrected chi connectivity index (χ1v) is 8.72. The summed E-state index contributed by atoms with van der Waals surface area (Å²) in [4.78, 5) is 28.0. The van der Waals surface area contributed by atoms with Gasteiger partial charge >= 0.3 is 0 Å². The number of carbonyl (C=O) groups is 2. The maximum absolute atomic E-state index is 13.9. The van der Waals surface area contributed by atoms with E-state index in [1.165, 1.54) is 4.90 Å². The fraction of sp³-hybridized carbons (Fsp3) is 0.300. The molecule has 0 atom stereocenters. The Bertz CT molecular complexity index is 843. The molecule has 2 amide bonds. The van der Waals surface area contributed by atoms with Gasteiger partial charge < -0.3 is 9.80 Å². The zero-order chi connectivity index (χ0) is 19.4. The number of amides is 2. The van der Waals surface area contributed by atoms with Crippen LogP contribution in [0.25, 0.3) is 0 Å². The first-order chi connectivity index (χ1) is 13.0. The predicted molar refractivity (Wildman–Crippen MR) is 93.6 cm³/mol. The number of rotatable bonds is 3. The molecule has 0 aromatic heterocycles. The van der Waals surface area contributed by atoms with E-state index in [-0.39, 0.29) is 18.9 Å². The fourth-order valence-electron chi connectivity index (χ4n) is 3.11. The molecule has 0 bridgehead atoms. The molecule has 142 valence electrons. The third-order valence-electron chi connectivity index (χ3n) is 4.60. The highest BCUT2D eigenvalue weighted by Crippen LogP contribution is 2.18. The number of hydrogen-bond donors (Lipinski definition) is 0. The van der Waals surface area contributed by atoms with Crippen LogP contribution in [0.4, 0.5) is 13.2 Å². The molecule has 4 nitrogen and oxygen atoms in total. The SMILES string of the molecule is O=C(Cc1ccccc1)N1CCCN(C(=O)c2ccc(F)c(F)c2F)CC1. The summed E-state index contributed by atoms with van der Waals surface area (Å²) >= 11 is 0. The van der Waals surface area contributed by atoms with Crippen molar-refractivity contribution in [2.75, 3.05) is 26.2 Å². The molecule has 1 aliphatic rings. The lowest BCUT2D eigenvalue weighted by Gasteiger charge is -2.22. The standard InChI is InChI=1S/C20H19F3N2O2/c21-16-8-7-15(18(22)19(16)23)20(27)25-10-4-9-24(11-12-25)17(26)13-14-5-2-1-3-6-14/h1-3,5-8H,4,9-13H2. The van der Waals surface area contributed by atoms with Crippen molar-refractivity contribution in [3.05, 3.63) is 71.0 Å². The van der Waals surface area contributed by atoms with Gasteiger partial charge in [0.25, 0.3) is 5.91 Å². The summed E-state index contributed by atoms with van der Waals surface area (Å²) in [5.41, 5.74) is 0.404. The van der Waals surface area contributed by atoms with Crippen molar-refractivity contribution in [3.8, 4) is 0 Å². The van der Waals surface area contributed by atoms with Crippen molar-refractivity contribution in [2.45, 2.75) is 12.8 Å². The van der Waals surface area contributed by atoms with E-state index in [2.05, 4.69) is 0 Å². The molecular weight excluding hydrogens is 357 g/mol. The highest BCUT2D eigenvalue weighted by atomic mass is 19.2. The fourth-order valence-corrected chi connectivity index (χ4v) is 3.11. The largest absolute Gasteiger partial charge is 0.341 e. The molecule has 27 heavy (non-hydrogen) atoms. The summed E-state index contributed by atoms with van der Waals surface area (Å²) in [6.45, 7) is 1.31. The summed E-state index contributed by atoms with van der Waals surface area (Å²) in [5.74, 6) is -5.23. The lowest BCUT2D eigenvalue weighted by Crippen LogP contribution is -2.38. The van der Waals surface area contributed by atoms with Crippen LogP contribution in [0.1, 0.15) is 22.3 Å². The van der Waals surface area contributed by atoms with E-state index in [1.807, 2.05) is 30.3 Å². The van der Waals surface area contributed by atoms with Gasteiger partial charge in [0.1, 0.15) is 0 Å². The summed E-state index contributed by atoms with van der Waals surface area (Å²) in [5, 5.41) is 0. The number of hydrogen-bond acceptors (Lipinski definition) is 2. The summed E-state index contributed by atoms with van der Waals surface area (Å²) < 4.78 is 40.4. The smallest absolute Gasteiger partial charge is 0.257 e. The molecule has 2 aromatic carbocycles. The van der Waals surface area contributed by atoms with Gasteiger partial charge in [0.15, 0.2) is 17.5 Å². The van der Waals surface area contributed by atoms with Gasteiger partial charge in [0.05, 0.1) is 12.0 Å². The summed E-state index contributed by atoms with van der Waals surface area (Å²) in [6, 6.07) is 11.0. The van der Waals surface area contributed by atoms with Gasteiger partial charge in [-0.1, -0.05) is 30.3 Å². The van der Waals surface area contributed by atoms with Crippen LogP contribution in [-0.4, -0.2) is 47.8 Å². The van der Waals surface area contributed by atoms with Crippen LogP contribution < -0.4 is 0 Å². The van der Waals surface area contributed by atoms with E-state index in [4.69, 9.17) is 0 Å². The molecule has 0 saturated carbocycles. The normalized spacial score (nSPS) is 14.8. The molecule has 1 aliphatic heterocycles. The molecular formula is C20H19F3N2O2. The summed E-state index contributed by atoms with van der Waals surface area (Å²) in [7, 11) is 0. The van der Waals surface area contributed by atoms with Crippen LogP contribution in [0.3, 0.4) is 0 Å². The van der Waals surface area contributed by atoms with Crippen LogP contribution in [0, 0.1) is 17.5 Å². The predicted octanol–water partition coefficient (Wildman–Crippen LogP) is 3.02. The van der Waals surface area contributed by atoms with Crippen molar-refractivity contribution >= 4 is 11.8 Å². The van der Waals surface area contributed by atoms with Crippen molar-refractivity contribution in [2.24, 2.45) is 0 Å². The van der Waals surface area contributed by atoms with Crippen LogP contribution in [0.5, 0.6) is 0 Å². The average molecular weight is 376 g/mol. The lowest BCUT2D eigenvalue weighted by molar-refractivity contribution is -0.130. The van der Waals surface area contributed by atoms with Crippen LogP contribution >= 0.6 is 0 Å². The molecule has 1 heterocycles. The Morgan fingerprint density at radius 1 is 0.815 bits per heavy atom. The van der Waals surface area contributed by atoms with E-state index in [1.54, 1.807) is 4.90 Å². The van der Waals surface area contributed by atoms with E-state index < -0.39 is 28.9 Å². The van der Waals surface area contributed by atoms with Crippen molar-refractivity contribution < 1.29 is 22.8 Å². The van der Waals surface area contributed by atoms with Gasteiger partial charge in [0.2, 0.25) is 5.91 Å². The zero-order valence-corrected chi connectivity index (χ0v) is 14.6. The molecule has 7 heteroatoms. The number of halogens is 3. The third-order valence-corrected chi connectivity index (χ3v) is 4.60. The molecule has 3 rings (SSSR count). The molecule has 0 spiro atoms. The minimum absolute atomic E-state index is 0.0468. The Balaban J connectivity index is 1.65. The molecule has 0 radical (unpaired) electrons. The molecule has 0 N–H and O–H groups in total. The monoisotopic (exact) mass is 376 g/mol. The van der Waals surface area contributed by atoms with Gasteiger partial charge in [-0.05, 0) is 24.1 Å². The molecule has 1 fully saturated rings. The molecule has 1 saturated heterocycles. The lowest BCUT2D eigenvalue weighted by atomic mass is 10.1. The first-order valence-electron chi connectivity index (χ1n) is 8.72. The second kappa shape index (κ2) is 8.24. The van der Waals surface area contributed by atoms with Crippen molar-refractivity contribution in [3.63, 3.8) is 0 Å². The molecule has 0 aliphatic carbocycles. The van der Waals surface area contributed by atoms with Crippen molar-refractivity contribution in [1.82, 2.24) is 9.80 Å². The molecule has 0 unspecified atom stereocenters. The highest BCUT2D eigenvalue weighted by molar-refractivity contribution is 5.94. The summed E-state index contributed by atoms with van der Waals surface area (Å²) in [6.07, 6.45) is 0.796. The Kier molecular flexibility index (Phi) is 5.78. The molecule has 2 aromatic rings.